The fourth-order valence-electron chi connectivity index (χ4n) is 1.80. The monoisotopic (exact) mass is 268 g/mol. The third-order valence-corrected chi connectivity index (χ3v) is 2.89. The maximum atomic E-state index is 11.8. The molecule has 2 rings (SSSR count). The number of carbonyl (C=O) groups excluding carboxylic acids is 2. The summed E-state index contributed by atoms with van der Waals surface area (Å²) >= 11 is 0. The van der Waals surface area contributed by atoms with Gasteiger partial charge in [0.2, 0.25) is 0 Å². The standard InChI is InChI=1S/C16H16N2O2/c1-12(13-8-4-2-5-9-13)17-15(19)16(20)18-14-10-6-3-7-11-14/h2-12H,1H3,(H,17,19)(H,18,20). The zero-order chi connectivity index (χ0) is 14.4. The first-order chi connectivity index (χ1) is 9.66. The number of amides is 2. The molecule has 0 radical (unpaired) electrons. The normalized spacial score (nSPS) is 11.4. The van der Waals surface area contributed by atoms with E-state index in [9.17, 15) is 9.59 Å². The van der Waals surface area contributed by atoms with Gasteiger partial charge in [0.1, 0.15) is 0 Å². The fourth-order valence-corrected chi connectivity index (χ4v) is 1.80. The lowest BCUT2D eigenvalue weighted by Crippen LogP contribution is -2.36. The van der Waals surface area contributed by atoms with E-state index >= 15 is 0 Å². The number of nitrogens with one attached hydrogen (secondary N) is 2. The molecule has 0 aliphatic heterocycles. The summed E-state index contributed by atoms with van der Waals surface area (Å²) < 4.78 is 0. The lowest BCUT2D eigenvalue weighted by molar-refractivity contribution is -0.136. The van der Waals surface area contributed by atoms with E-state index in [1.807, 2.05) is 43.3 Å². The number of hydrogen-bond donors (Lipinski definition) is 2. The van der Waals surface area contributed by atoms with Gasteiger partial charge in [-0.25, -0.2) is 0 Å². The van der Waals surface area contributed by atoms with Crippen molar-refractivity contribution in [1.29, 1.82) is 0 Å². The second-order valence-corrected chi connectivity index (χ2v) is 4.43. The fraction of sp³-hybridized carbons (Fsp3) is 0.125. The van der Waals surface area contributed by atoms with Crippen LogP contribution in [0.15, 0.2) is 60.7 Å². The highest BCUT2D eigenvalue weighted by Gasteiger charge is 2.16. The Morgan fingerprint density at radius 1 is 0.850 bits per heavy atom. The number of benzene rings is 2. The summed E-state index contributed by atoms with van der Waals surface area (Å²) in [5.41, 5.74) is 1.55. The van der Waals surface area contributed by atoms with Crippen LogP contribution in [-0.2, 0) is 9.59 Å². The third kappa shape index (κ3) is 3.68. The van der Waals surface area contributed by atoms with Gasteiger partial charge in [0, 0.05) is 5.69 Å². The van der Waals surface area contributed by atoms with Gasteiger partial charge in [-0.1, -0.05) is 48.5 Å². The Bertz CT molecular complexity index is 582. The van der Waals surface area contributed by atoms with Crippen LogP contribution in [0.25, 0.3) is 0 Å². The molecule has 2 amide bonds. The van der Waals surface area contributed by atoms with Crippen LogP contribution in [0, 0.1) is 0 Å². The molecule has 1 atom stereocenters. The average Bonchev–Trinajstić information content (AvgIpc) is 2.49. The minimum absolute atomic E-state index is 0.217. The molecule has 0 fully saturated rings. The largest absolute Gasteiger partial charge is 0.341 e. The summed E-state index contributed by atoms with van der Waals surface area (Å²) in [4.78, 5) is 23.6. The summed E-state index contributed by atoms with van der Waals surface area (Å²) in [7, 11) is 0. The van der Waals surface area contributed by atoms with Crippen LogP contribution in [0.4, 0.5) is 5.69 Å². The first-order valence-corrected chi connectivity index (χ1v) is 6.38. The molecule has 2 aromatic carbocycles. The molecular formula is C16H16N2O2. The molecule has 1 unspecified atom stereocenters. The minimum Gasteiger partial charge on any atom is -0.341 e. The van der Waals surface area contributed by atoms with Crippen molar-refractivity contribution >= 4 is 17.5 Å². The molecule has 0 aromatic heterocycles. The number of anilines is 1. The van der Waals surface area contributed by atoms with Crippen LogP contribution in [-0.4, -0.2) is 11.8 Å². The van der Waals surface area contributed by atoms with Crippen LogP contribution < -0.4 is 10.6 Å². The van der Waals surface area contributed by atoms with Crippen LogP contribution in [0.2, 0.25) is 0 Å². The number of hydrogen-bond acceptors (Lipinski definition) is 2. The molecule has 0 spiro atoms. The highest BCUT2D eigenvalue weighted by molar-refractivity contribution is 6.39. The van der Waals surface area contributed by atoms with Gasteiger partial charge in [-0.15, -0.1) is 0 Å². The van der Waals surface area contributed by atoms with Gasteiger partial charge < -0.3 is 10.6 Å². The van der Waals surface area contributed by atoms with Crippen LogP contribution in [0.5, 0.6) is 0 Å². The Kier molecular flexibility index (Phi) is 4.50. The molecule has 0 heterocycles. The summed E-state index contributed by atoms with van der Waals surface area (Å²) in [5.74, 6) is -1.32. The molecule has 0 bridgehead atoms. The van der Waals surface area contributed by atoms with Crippen molar-refractivity contribution < 1.29 is 9.59 Å². The van der Waals surface area contributed by atoms with Gasteiger partial charge in [0.05, 0.1) is 6.04 Å². The molecule has 2 aromatic rings. The molecule has 4 heteroatoms. The second kappa shape index (κ2) is 6.52. The third-order valence-electron chi connectivity index (χ3n) is 2.89. The number of rotatable bonds is 3. The molecule has 102 valence electrons. The topological polar surface area (TPSA) is 58.2 Å². The zero-order valence-corrected chi connectivity index (χ0v) is 11.2. The Morgan fingerprint density at radius 3 is 2.00 bits per heavy atom. The van der Waals surface area contributed by atoms with Crippen molar-refractivity contribution in [3.05, 3.63) is 66.2 Å². The van der Waals surface area contributed by atoms with Crippen molar-refractivity contribution in [3.8, 4) is 0 Å². The van der Waals surface area contributed by atoms with E-state index in [0.717, 1.165) is 5.56 Å². The Hall–Kier alpha value is -2.62. The zero-order valence-electron chi connectivity index (χ0n) is 11.2. The molecule has 4 nitrogen and oxygen atoms in total. The molecule has 20 heavy (non-hydrogen) atoms. The smallest absolute Gasteiger partial charge is 0.313 e. The van der Waals surface area contributed by atoms with Crippen LogP contribution >= 0.6 is 0 Å². The Labute approximate surface area is 117 Å². The predicted octanol–water partition coefficient (Wildman–Crippen LogP) is 2.50. The van der Waals surface area contributed by atoms with Crippen molar-refractivity contribution in [2.45, 2.75) is 13.0 Å². The number of carbonyl (C=O) groups is 2. The lowest BCUT2D eigenvalue weighted by atomic mass is 10.1. The molecule has 2 N–H and O–H groups in total. The molecule has 0 saturated heterocycles. The van der Waals surface area contributed by atoms with Crippen molar-refractivity contribution in [1.82, 2.24) is 5.32 Å². The highest BCUT2D eigenvalue weighted by Crippen LogP contribution is 2.11. The van der Waals surface area contributed by atoms with Crippen molar-refractivity contribution in [2.75, 3.05) is 5.32 Å². The van der Waals surface area contributed by atoms with Crippen molar-refractivity contribution in [3.63, 3.8) is 0 Å². The number of para-hydroxylation sites is 1. The maximum absolute atomic E-state index is 11.8. The first-order valence-electron chi connectivity index (χ1n) is 6.38. The second-order valence-electron chi connectivity index (χ2n) is 4.43. The molecule has 0 aliphatic rings. The van der Waals surface area contributed by atoms with Gasteiger partial charge in [-0.2, -0.15) is 0 Å². The van der Waals surface area contributed by atoms with E-state index in [1.165, 1.54) is 0 Å². The SMILES string of the molecule is CC(NC(=O)C(=O)Nc1ccccc1)c1ccccc1. The van der Waals surface area contributed by atoms with Gasteiger partial charge in [0.15, 0.2) is 0 Å². The van der Waals surface area contributed by atoms with E-state index < -0.39 is 11.8 Å². The summed E-state index contributed by atoms with van der Waals surface area (Å²) in [6.45, 7) is 1.84. The van der Waals surface area contributed by atoms with E-state index in [2.05, 4.69) is 10.6 Å². The van der Waals surface area contributed by atoms with Crippen LogP contribution in [0.3, 0.4) is 0 Å². The quantitative estimate of drug-likeness (QED) is 0.840. The highest BCUT2D eigenvalue weighted by atomic mass is 16.2. The minimum atomic E-state index is -0.668. The Balaban J connectivity index is 1.93. The first kappa shape index (κ1) is 13.8. The maximum Gasteiger partial charge on any atom is 0.313 e. The van der Waals surface area contributed by atoms with E-state index in [1.54, 1.807) is 24.3 Å². The summed E-state index contributed by atoms with van der Waals surface area (Å²) in [5, 5.41) is 5.21. The average molecular weight is 268 g/mol. The van der Waals surface area contributed by atoms with Crippen LogP contribution in [0.1, 0.15) is 18.5 Å². The van der Waals surface area contributed by atoms with Gasteiger partial charge in [-0.05, 0) is 24.6 Å². The van der Waals surface area contributed by atoms with E-state index in [4.69, 9.17) is 0 Å². The summed E-state index contributed by atoms with van der Waals surface area (Å²) in [6, 6.07) is 18.2. The molecule has 0 aliphatic carbocycles. The predicted molar refractivity (Wildman–Crippen MR) is 78.1 cm³/mol. The van der Waals surface area contributed by atoms with Crippen molar-refractivity contribution in [2.24, 2.45) is 0 Å². The summed E-state index contributed by atoms with van der Waals surface area (Å²) in [6.07, 6.45) is 0. The molecular weight excluding hydrogens is 252 g/mol. The Morgan fingerprint density at radius 2 is 1.40 bits per heavy atom. The lowest BCUT2D eigenvalue weighted by Gasteiger charge is -2.14. The molecule has 0 saturated carbocycles. The van der Waals surface area contributed by atoms with E-state index in [-0.39, 0.29) is 6.04 Å². The van der Waals surface area contributed by atoms with Gasteiger partial charge in [0.25, 0.3) is 0 Å². The van der Waals surface area contributed by atoms with Gasteiger partial charge in [-0.3, -0.25) is 9.59 Å². The van der Waals surface area contributed by atoms with Gasteiger partial charge >= 0.3 is 11.8 Å². The van der Waals surface area contributed by atoms with E-state index in [0.29, 0.717) is 5.69 Å².